The van der Waals surface area contributed by atoms with Gasteiger partial charge in [0.25, 0.3) is 11.8 Å². The molecular weight excluding hydrogens is 368 g/mol. The Balaban J connectivity index is 1.70. The predicted molar refractivity (Wildman–Crippen MR) is 95.2 cm³/mol. The maximum absolute atomic E-state index is 12.8. The summed E-state index contributed by atoms with van der Waals surface area (Å²) in [6, 6.07) is 6.19. The third-order valence-corrected chi connectivity index (χ3v) is 4.32. The summed E-state index contributed by atoms with van der Waals surface area (Å²) in [7, 11) is 0. The lowest BCUT2D eigenvalue weighted by Gasteiger charge is -2.28. The topological polar surface area (TPSA) is 111 Å². The van der Waals surface area contributed by atoms with Crippen LogP contribution in [-0.4, -0.2) is 53.3 Å². The molecule has 0 bridgehead atoms. The molecule has 3 amide bonds. The van der Waals surface area contributed by atoms with Crippen molar-refractivity contribution >= 4 is 23.9 Å². The Morgan fingerprint density at radius 2 is 1.79 bits per heavy atom. The third kappa shape index (κ3) is 3.84. The molecule has 1 atom stereocenters. The standard InChI is InChI=1S/C19H22N2O7/c1-18(2,3)27-17(25)20-11-19(9-6-10-26-19)16(24)28-21-14(22)12-7-4-5-8-13(12)15(21)23/h4-5,7-8H,6,9-11H2,1-3H3,(H,20,25). The van der Waals surface area contributed by atoms with Crippen molar-refractivity contribution in [1.29, 1.82) is 0 Å². The summed E-state index contributed by atoms with van der Waals surface area (Å²) < 4.78 is 10.7. The molecule has 150 valence electrons. The number of benzene rings is 1. The summed E-state index contributed by atoms with van der Waals surface area (Å²) in [6.07, 6.45) is 0.119. The maximum Gasteiger partial charge on any atom is 0.407 e. The second kappa shape index (κ2) is 7.23. The first-order valence-corrected chi connectivity index (χ1v) is 8.94. The number of carbonyl (C=O) groups excluding carboxylic acids is 4. The molecule has 2 aliphatic heterocycles. The van der Waals surface area contributed by atoms with Crippen molar-refractivity contribution < 1.29 is 33.5 Å². The van der Waals surface area contributed by atoms with Gasteiger partial charge in [-0.2, -0.15) is 0 Å². The van der Waals surface area contributed by atoms with Crippen LogP contribution < -0.4 is 5.32 Å². The lowest BCUT2D eigenvalue weighted by molar-refractivity contribution is -0.190. The highest BCUT2D eigenvalue weighted by Gasteiger charge is 2.48. The number of carbonyl (C=O) groups is 4. The van der Waals surface area contributed by atoms with E-state index in [-0.39, 0.29) is 30.7 Å². The van der Waals surface area contributed by atoms with E-state index in [0.29, 0.717) is 11.5 Å². The second-order valence-corrected chi connectivity index (χ2v) is 7.63. The first-order valence-electron chi connectivity index (χ1n) is 8.94. The molecule has 1 fully saturated rings. The van der Waals surface area contributed by atoms with Gasteiger partial charge in [-0.15, -0.1) is 0 Å². The van der Waals surface area contributed by atoms with Crippen LogP contribution in [0, 0.1) is 0 Å². The molecule has 28 heavy (non-hydrogen) atoms. The van der Waals surface area contributed by atoms with E-state index in [0.717, 1.165) is 0 Å². The normalized spacial score (nSPS) is 21.5. The molecule has 1 N–H and O–H groups in total. The zero-order valence-electron chi connectivity index (χ0n) is 15.9. The van der Waals surface area contributed by atoms with Crippen LogP contribution in [0.1, 0.15) is 54.3 Å². The highest BCUT2D eigenvalue weighted by Crippen LogP contribution is 2.29. The van der Waals surface area contributed by atoms with Gasteiger partial charge in [-0.25, -0.2) is 9.59 Å². The van der Waals surface area contributed by atoms with Gasteiger partial charge in [-0.3, -0.25) is 9.59 Å². The minimum atomic E-state index is -1.49. The zero-order valence-corrected chi connectivity index (χ0v) is 15.9. The summed E-state index contributed by atoms with van der Waals surface area (Å²) in [5.41, 5.74) is -1.87. The van der Waals surface area contributed by atoms with Crippen molar-refractivity contribution in [2.24, 2.45) is 0 Å². The van der Waals surface area contributed by atoms with Gasteiger partial charge in [-0.1, -0.05) is 17.2 Å². The Kier molecular flexibility index (Phi) is 5.12. The molecule has 1 aromatic rings. The van der Waals surface area contributed by atoms with Crippen molar-refractivity contribution in [2.45, 2.75) is 44.8 Å². The van der Waals surface area contributed by atoms with Gasteiger partial charge in [0.1, 0.15) is 5.60 Å². The molecule has 1 unspecified atom stereocenters. The highest BCUT2D eigenvalue weighted by molar-refractivity contribution is 6.21. The van der Waals surface area contributed by atoms with Crippen molar-refractivity contribution in [3.63, 3.8) is 0 Å². The molecule has 0 spiro atoms. The molecule has 1 saturated heterocycles. The summed E-state index contributed by atoms with van der Waals surface area (Å²) in [6.45, 7) is 5.22. The molecule has 1 aromatic carbocycles. The summed E-state index contributed by atoms with van der Waals surface area (Å²) in [4.78, 5) is 54.6. The number of ether oxygens (including phenoxy) is 2. The lowest BCUT2D eigenvalue weighted by atomic mass is 10.0. The van der Waals surface area contributed by atoms with E-state index in [1.165, 1.54) is 12.1 Å². The first-order chi connectivity index (χ1) is 13.1. The van der Waals surface area contributed by atoms with E-state index in [1.54, 1.807) is 32.9 Å². The van der Waals surface area contributed by atoms with Gasteiger partial charge < -0.3 is 19.6 Å². The minimum Gasteiger partial charge on any atom is -0.444 e. The van der Waals surface area contributed by atoms with Crippen LogP contribution in [0.2, 0.25) is 0 Å². The number of alkyl carbamates (subject to hydrolysis) is 1. The van der Waals surface area contributed by atoms with E-state index in [9.17, 15) is 19.2 Å². The fourth-order valence-electron chi connectivity index (χ4n) is 3.02. The molecule has 3 rings (SSSR count). The van der Waals surface area contributed by atoms with Crippen molar-refractivity contribution in [3.8, 4) is 0 Å². The smallest absolute Gasteiger partial charge is 0.407 e. The molecule has 2 heterocycles. The van der Waals surface area contributed by atoms with E-state index in [4.69, 9.17) is 14.3 Å². The van der Waals surface area contributed by atoms with E-state index >= 15 is 0 Å². The van der Waals surface area contributed by atoms with E-state index < -0.39 is 35.1 Å². The monoisotopic (exact) mass is 390 g/mol. The average molecular weight is 390 g/mol. The van der Waals surface area contributed by atoms with Crippen LogP contribution in [0.4, 0.5) is 4.79 Å². The lowest BCUT2D eigenvalue weighted by Crippen LogP contribution is -2.52. The fourth-order valence-corrected chi connectivity index (χ4v) is 3.02. The third-order valence-electron chi connectivity index (χ3n) is 4.32. The van der Waals surface area contributed by atoms with Gasteiger partial charge in [-0.05, 0) is 45.7 Å². The number of fused-ring (bicyclic) bond motifs is 1. The Morgan fingerprint density at radius 3 is 2.29 bits per heavy atom. The number of nitrogens with zero attached hydrogens (tertiary/aromatic N) is 1. The second-order valence-electron chi connectivity index (χ2n) is 7.63. The van der Waals surface area contributed by atoms with Crippen LogP contribution >= 0.6 is 0 Å². The van der Waals surface area contributed by atoms with Crippen molar-refractivity contribution in [1.82, 2.24) is 10.4 Å². The van der Waals surface area contributed by atoms with Crippen molar-refractivity contribution in [3.05, 3.63) is 35.4 Å². The summed E-state index contributed by atoms with van der Waals surface area (Å²) in [5.74, 6) is -2.36. The van der Waals surface area contributed by atoms with Crippen LogP contribution in [0.5, 0.6) is 0 Å². The van der Waals surface area contributed by atoms with E-state index in [1.807, 2.05) is 0 Å². The minimum absolute atomic E-state index is 0.161. The number of hydrogen-bond acceptors (Lipinski definition) is 7. The Labute approximate surface area is 161 Å². The maximum atomic E-state index is 12.8. The van der Waals surface area contributed by atoms with Gasteiger partial charge in [0.2, 0.25) is 0 Å². The van der Waals surface area contributed by atoms with Gasteiger partial charge >= 0.3 is 12.1 Å². The van der Waals surface area contributed by atoms with Gasteiger partial charge in [0, 0.05) is 6.61 Å². The fraction of sp³-hybridized carbons (Fsp3) is 0.474. The Morgan fingerprint density at radius 1 is 1.18 bits per heavy atom. The molecule has 9 heteroatoms. The van der Waals surface area contributed by atoms with Gasteiger partial charge in [0.15, 0.2) is 5.60 Å². The largest absolute Gasteiger partial charge is 0.444 e. The predicted octanol–water partition coefficient (Wildman–Crippen LogP) is 1.81. The van der Waals surface area contributed by atoms with Crippen molar-refractivity contribution in [2.75, 3.05) is 13.2 Å². The zero-order chi connectivity index (χ0) is 20.5. The SMILES string of the molecule is CC(C)(C)OC(=O)NCC1(C(=O)ON2C(=O)c3ccccc3C2=O)CCCO1. The molecule has 0 radical (unpaired) electrons. The van der Waals surface area contributed by atoms with Gasteiger partial charge in [0.05, 0.1) is 17.7 Å². The number of imide groups is 1. The molecule has 9 nitrogen and oxygen atoms in total. The van der Waals surface area contributed by atoms with Crippen LogP contribution in [0.15, 0.2) is 24.3 Å². The number of hydrogen-bond donors (Lipinski definition) is 1. The average Bonchev–Trinajstić information content (AvgIpc) is 3.20. The number of nitrogens with one attached hydrogen (secondary N) is 1. The van der Waals surface area contributed by atoms with Crippen LogP contribution in [0.3, 0.4) is 0 Å². The Hall–Kier alpha value is -2.94. The first kappa shape index (κ1) is 19.8. The number of amides is 3. The van der Waals surface area contributed by atoms with Crippen LogP contribution in [-0.2, 0) is 19.1 Å². The molecule has 0 aromatic heterocycles. The number of hydroxylamine groups is 2. The molecule has 2 aliphatic rings. The number of rotatable bonds is 4. The Bertz CT molecular complexity index is 787. The van der Waals surface area contributed by atoms with E-state index in [2.05, 4.69) is 5.32 Å². The molecular formula is C19H22N2O7. The highest BCUT2D eigenvalue weighted by atomic mass is 16.7. The molecule has 0 saturated carbocycles. The quantitative estimate of drug-likeness (QED) is 0.781. The summed E-state index contributed by atoms with van der Waals surface area (Å²) >= 11 is 0. The summed E-state index contributed by atoms with van der Waals surface area (Å²) in [5, 5.41) is 2.93. The van der Waals surface area contributed by atoms with Crippen LogP contribution in [0.25, 0.3) is 0 Å². The molecule has 0 aliphatic carbocycles.